The molecule has 0 spiro atoms. The van der Waals surface area contributed by atoms with Gasteiger partial charge >= 0.3 is 0 Å². The molecule has 2 aromatic carbocycles. The maximum absolute atomic E-state index is 6.30. The first kappa shape index (κ1) is 14.5. The van der Waals surface area contributed by atoms with Crippen molar-refractivity contribution >= 4 is 28.4 Å². The number of benzene rings is 2. The van der Waals surface area contributed by atoms with Crippen LogP contribution >= 0.6 is 11.6 Å². The summed E-state index contributed by atoms with van der Waals surface area (Å²) < 4.78 is 5.83. The van der Waals surface area contributed by atoms with Gasteiger partial charge < -0.3 is 14.2 Å². The first-order valence-corrected chi connectivity index (χ1v) is 8.35. The minimum Gasteiger partial charge on any atom is -0.435 e. The quantitative estimate of drug-likeness (QED) is 0.801. The van der Waals surface area contributed by atoms with Gasteiger partial charge in [0.15, 0.2) is 12.1 Å². The van der Waals surface area contributed by atoms with Crippen LogP contribution in [0.3, 0.4) is 0 Å². The average Bonchev–Trinajstić information content (AvgIpc) is 2.98. The zero-order chi connectivity index (χ0) is 15.6. The zero-order valence-corrected chi connectivity index (χ0v) is 13.6. The fourth-order valence-corrected chi connectivity index (χ4v) is 3.41. The fraction of sp³-hybridized carbons (Fsp3) is 0.278. The van der Waals surface area contributed by atoms with Crippen molar-refractivity contribution in [1.82, 2.24) is 4.98 Å². The van der Waals surface area contributed by atoms with Gasteiger partial charge in [0, 0.05) is 0 Å². The van der Waals surface area contributed by atoms with Gasteiger partial charge in [0.1, 0.15) is 5.52 Å². The molecule has 4 rings (SSSR count). The highest BCUT2D eigenvalue weighted by Gasteiger charge is 2.23. The molecule has 23 heavy (non-hydrogen) atoms. The smallest absolute Gasteiger partial charge is 0.251 e. The molecule has 0 saturated carbocycles. The lowest BCUT2D eigenvalue weighted by molar-refractivity contribution is -0.915. The molecule has 0 aliphatic carbocycles. The van der Waals surface area contributed by atoms with Crippen molar-refractivity contribution in [3.05, 3.63) is 59.4 Å². The first-order valence-electron chi connectivity index (χ1n) is 7.97. The highest BCUT2D eigenvalue weighted by molar-refractivity contribution is 6.33. The largest absolute Gasteiger partial charge is 0.435 e. The number of oxazole rings is 1. The number of nitrogens with zero attached hydrogens (tertiary/aromatic N) is 2. The molecule has 2 heterocycles. The number of hydrogen-bond acceptors (Lipinski definition) is 3. The summed E-state index contributed by atoms with van der Waals surface area (Å²) in [7, 11) is 0. The molecule has 3 aromatic rings. The summed E-state index contributed by atoms with van der Waals surface area (Å²) in [6.07, 6.45) is 0. The number of fused-ring (bicyclic) bond motifs is 1. The molecule has 1 fully saturated rings. The van der Waals surface area contributed by atoms with E-state index in [2.05, 4.69) is 16.0 Å². The number of rotatable bonds is 3. The van der Waals surface area contributed by atoms with E-state index in [-0.39, 0.29) is 0 Å². The Bertz CT molecular complexity index is 776. The highest BCUT2D eigenvalue weighted by atomic mass is 35.5. The van der Waals surface area contributed by atoms with Crippen molar-refractivity contribution < 1.29 is 9.32 Å². The van der Waals surface area contributed by atoms with Crippen molar-refractivity contribution in [2.75, 3.05) is 31.1 Å². The van der Waals surface area contributed by atoms with Crippen LogP contribution < -0.4 is 9.80 Å². The molecule has 0 bridgehead atoms. The van der Waals surface area contributed by atoms with Crippen molar-refractivity contribution in [3.8, 4) is 0 Å². The maximum Gasteiger partial charge on any atom is 0.251 e. The summed E-state index contributed by atoms with van der Waals surface area (Å²) in [5, 5.41) is 0.829. The van der Waals surface area contributed by atoms with Crippen molar-refractivity contribution in [2.45, 2.75) is 6.54 Å². The molecule has 0 atom stereocenters. The number of nitrogens with one attached hydrogen (secondary N) is 1. The van der Waals surface area contributed by atoms with Gasteiger partial charge in [-0.3, -0.25) is 0 Å². The Labute approximate surface area is 140 Å². The summed E-state index contributed by atoms with van der Waals surface area (Å²) in [6, 6.07) is 16.0. The van der Waals surface area contributed by atoms with E-state index in [9.17, 15) is 0 Å². The Hall–Kier alpha value is -2.04. The minimum atomic E-state index is 0.826. The van der Waals surface area contributed by atoms with E-state index < -0.39 is 0 Å². The molecular weight excluding hydrogens is 310 g/mol. The molecular formula is C18H19ClN3O+. The Morgan fingerprint density at radius 3 is 2.57 bits per heavy atom. The molecule has 1 saturated heterocycles. The molecule has 0 unspecified atom stereocenters. The molecule has 118 valence electrons. The maximum atomic E-state index is 6.30. The van der Waals surface area contributed by atoms with Gasteiger partial charge in [-0.2, -0.15) is 0 Å². The number of aromatic nitrogens is 1. The predicted octanol–water partition coefficient (Wildman–Crippen LogP) is 2.39. The highest BCUT2D eigenvalue weighted by Crippen LogP contribution is 2.24. The second-order valence-electron chi connectivity index (χ2n) is 5.94. The van der Waals surface area contributed by atoms with Gasteiger partial charge in [-0.25, -0.2) is 4.98 Å². The normalized spacial score (nSPS) is 16.1. The van der Waals surface area contributed by atoms with Gasteiger partial charge in [-0.05, 0) is 24.3 Å². The molecule has 4 nitrogen and oxygen atoms in total. The first-order chi connectivity index (χ1) is 11.3. The van der Waals surface area contributed by atoms with E-state index in [4.69, 9.17) is 16.0 Å². The van der Waals surface area contributed by atoms with E-state index in [0.29, 0.717) is 0 Å². The SMILES string of the molecule is Clc1ccccc1N1CC[NH+](Cc2nc3ccccc3o2)CC1. The van der Waals surface area contributed by atoms with Gasteiger partial charge in [0.05, 0.1) is 36.9 Å². The second kappa shape index (κ2) is 6.22. The third kappa shape index (κ3) is 3.05. The standard InChI is InChI=1S/C18H18ClN3O/c19-14-5-1-3-7-16(14)22-11-9-21(10-12-22)13-18-20-15-6-2-4-8-17(15)23-18/h1-8H,9-13H2/p+1. The molecule has 5 heteroatoms. The van der Waals surface area contributed by atoms with Gasteiger partial charge in [0.25, 0.3) is 5.89 Å². The van der Waals surface area contributed by atoms with Crippen LogP contribution in [0.25, 0.3) is 11.1 Å². The zero-order valence-electron chi connectivity index (χ0n) is 12.8. The van der Waals surface area contributed by atoms with Crippen molar-refractivity contribution in [3.63, 3.8) is 0 Å². The van der Waals surface area contributed by atoms with Crippen LogP contribution in [0.2, 0.25) is 5.02 Å². The summed E-state index contributed by atoms with van der Waals surface area (Å²) in [5.74, 6) is 0.826. The number of anilines is 1. The molecule has 1 aromatic heterocycles. The lowest BCUT2D eigenvalue weighted by Crippen LogP contribution is -3.13. The summed E-state index contributed by atoms with van der Waals surface area (Å²) >= 11 is 6.30. The Balaban J connectivity index is 1.41. The number of hydrogen-bond donors (Lipinski definition) is 1. The molecule has 1 aliphatic rings. The van der Waals surface area contributed by atoms with E-state index >= 15 is 0 Å². The Kier molecular flexibility index (Phi) is 3.93. The molecule has 1 aliphatic heterocycles. The second-order valence-corrected chi connectivity index (χ2v) is 6.35. The Morgan fingerprint density at radius 1 is 1.04 bits per heavy atom. The third-order valence-corrected chi connectivity index (χ3v) is 4.72. The monoisotopic (exact) mass is 328 g/mol. The van der Waals surface area contributed by atoms with Crippen molar-refractivity contribution in [2.24, 2.45) is 0 Å². The van der Waals surface area contributed by atoms with Crippen LogP contribution in [0.1, 0.15) is 5.89 Å². The molecule has 0 amide bonds. The predicted molar refractivity (Wildman–Crippen MR) is 92.1 cm³/mol. The number of para-hydroxylation sites is 3. The van der Waals surface area contributed by atoms with E-state index in [0.717, 1.165) is 60.4 Å². The van der Waals surface area contributed by atoms with E-state index in [1.807, 2.05) is 42.5 Å². The van der Waals surface area contributed by atoms with Crippen LogP contribution in [-0.2, 0) is 6.54 Å². The third-order valence-electron chi connectivity index (χ3n) is 4.40. The van der Waals surface area contributed by atoms with Gasteiger partial charge in [-0.15, -0.1) is 0 Å². The minimum absolute atomic E-state index is 0.826. The van der Waals surface area contributed by atoms with Crippen LogP contribution in [0, 0.1) is 0 Å². The summed E-state index contributed by atoms with van der Waals surface area (Å²) in [5.41, 5.74) is 2.95. The average molecular weight is 329 g/mol. The van der Waals surface area contributed by atoms with E-state index in [1.165, 1.54) is 4.90 Å². The van der Waals surface area contributed by atoms with Crippen molar-refractivity contribution in [1.29, 1.82) is 0 Å². The van der Waals surface area contributed by atoms with Gasteiger partial charge in [-0.1, -0.05) is 35.9 Å². The van der Waals surface area contributed by atoms with Gasteiger partial charge in [0.2, 0.25) is 0 Å². The van der Waals surface area contributed by atoms with E-state index in [1.54, 1.807) is 0 Å². The topological polar surface area (TPSA) is 33.7 Å². The fourth-order valence-electron chi connectivity index (χ4n) is 3.16. The van der Waals surface area contributed by atoms with Crippen LogP contribution in [0.5, 0.6) is 0 Å². The number of piperazine rings is 1. The number of halogens is 1. The summed E-state index contributed by atoms with van der Waals surface area (Å²) in [4.78, 5) is 8.43. The van der Waals surface area contributed by atoms with Crippen LogP contribution in [0.15, 0.2) is 52.9 Å². The lowest BCUT2D eigenvalue weighted by atomic mass is 10.2. The molecule has 1 N–H and O–H groups in total. The lowest BCUT2D eigenvalue weighted by Gasteiger charge is -2.33. The summed E-state index contributed by atoms with van der Waals surface area (Å²) in [6.45, 7) is 4.96. The van der Waals surface area contributed by atoms with Crippen LogP contribution in [0.4, 0.5) is 5.69 Å². The van der Waals surface area contributed by atoms with Crippen LogP contribution in [-0.4, -0.2) is 31.2 Å². The molecule has 0 radical (unpaired) electrons. The Morgan fingerprint density at radius 2 is 1.78 bits per heavy atom. The number of quaternary nitrogens is 1.